The van der Waals surface area contributed by atoms with Gasteiger partial charge in [-0.15, -0.1) is 0 Å². The summed E-state index contributed by atoms with van der Waals surface area (Å²) in [6, 6.07) is 5.84. The zero-order valence-corrected chi connectivity index (χ0v) is 16.2. The van der Waals surface area contributed by atoms with Crippen molar-refractivity contribution in [1.82, 2.24) is 15.1 Å². The van der Waals surface area contributed by atoms with E-state index in [1.54, 1.807) is 12.1 Å². The molecule has 1 saturated heterocycles. The molecule has 1 aromatic rings. The SMILES string of the molecule is COC(=O)CCCNC(=S)N1CCN(CC(=O)Nc2cccc(F)c2)CC1. The fourth-order valence-electron chi connectivity index (χ4n) is 2.72. The minimum Gasteiger partial charge on any atom is -0.469 e. The van der Waals surface area contributed by atoms with E-state index in [0.717, 1.165) is 13.1 Å². The molecule has 0 atom stereocenters. The van der Waals surface area contributed by atoms with Gasteiger partial charge in [-0.25, -0.2) is 4.39 Å². The van der Waals surface area contributed by atoms with Crippen LogP contribution < -0.4 is 10.6 Å². The molecule has 0 spiro atoms. The van der Waals surface area contributed by atoms with Gasteiger partial charge in [0.1, 0.15) is 5.82 Å². The Morgan fingerprint density at radius 1 is 1.26 bits per heavy atom. The number of rotatable bonds is 7. The van der Waals surface area contributed by atoms with E-state index in [1.807, 2.05) is 4.90 Å². The van der Waals surface area contributed by atoms with Crippen molar-refractivity contribution in [3.63, 3.8) is 0 Å². The summed E-state index contributed by atoms with van der Waals surface area (Å²) in [6.45, 7) is 3.72. The van der Waals surface area contributed by atoms with Gasteiger partial charge in [-0.2, -0.15) is 0 Å². The number of carbonyl (C=O) groups excluding carboxylic acids is 2. The van der Waals surface area contributed by atoms with Gasteiger partial charge in [0.05, 0.1) is 13.7 Å². The zero-order valence-electron chi connectivity index (χ0n) is 15.4. The first-order valence-corrected chi connectivity index (χ1v) is 9.26. The molecule has 0 unspecified atom stereocenters. The summed E-state index contributed by atoms with van der Waals surface area (Å²) in [7, 11) is 1.37. The van der Waals surface area contributed by atoms with Gasteiger partial charge >= 0.3 is 5.97 Å². The van der Waals surface area contributed by atoms with E-state index < -0.39 is 0 Å². The largest absolute Gasteiger partial charge is 0.469 e. The number of halogens is 1. The number of piperazine rings is 1. The van der Waals surface area contributed by atoms with Crippen molar-refractivity contribution < 1.29 is 18.7 Å². The maximum atomic E-state index is 13.2. The Hall–Kier alpha value is -2.26. The molecule has 1 aliphatic rings. The Labute approximate surface area is 163 Å². The number of benzene rings is 1. The highest BCUT2D eigenvalue weighted by Gasteiger charge is 2.20. The van der Waals surface area contributed by atoms with E-state index in [2.05, 4.69) is 20.3 Å². The highest BCUT2D eigenvalue weighted by Crippen LogP contribution is 2.09. The molecule has 0 bridgehead atoms. The third-order valence-electron chi connectivity index (χ3n) is 4.20. The molecule has 1 fully saturated rings. The lowest BCUT2D eigenvalue weighted by Crippen LogP contribution is -2.53. The summed E-state index contributed by atoms with van der Waals surface area (Å²) >= 11 is 5.37. The molecule has 1 heterocycles. The van der Waals surface area contributed by atoms with Gasteiger partial charge in [0.2, 0.25) is 5.91 Å². The van der Waals surface area contributed by atoms with Crippen molar-refractivity contribution in [3.05, 3.63) is 30.1 Å². The number of ether oxygens (including phenoxy) is 1. The highest BCUT2D eigenvalue weighted by molar-refractivity contribution is 7.80. The topological polar surface area (TPSA) is 73.9 Å². The van der Waals surface area contributed by atoms with Crippen LogP contribution in [0.3, 0.4) is 0 Å². The van der Waals surface area contributed by atoms with Crippen LogP contribution in [0.25, 0.3) is 0 Å². The normalized spacial score (nSPS) is 14.5. The molecule has 1 amide bonds. The summed E-state index contributed by atoms with van der Waals surface area (Å²) in [6.07, 6.45) is 1.02. The standard InChI is InChI=1S/C18H25FN4O3S/c1-26-17(25)6-3-7-20-18(27)23-10-8-22(9-11-23)13-16(24)21-15-5-2-4-14(19)12-15/h2,4-5,12H,3,6-11,13H2,1H3,(H,20,27)(H,21,24). The van der Waals surface area contributed by atoms with E-state index in [1.165, 1.54) is 19.2 Å². The molecule has 148 valence electrons. The Morgan fingerprint density at radius 3 is 2.67 bits per heavy atom. The molecule has 27 heavy (non-hydrogen) atoms. The predicted octanol–water partition coefficient (Wildman–Crippen LogP) is 1.21. The third kappa shape index (κ3) is 7.48. The van der Waals surface area contributed by atoms with Gasteiger partial charge < -0.3 is 20.3 Å². The molecule has 9 heteroatoms. The molecular formula is C18H25FN4O3S. The van der Waals surface area contributed by atoms with Gasteiger partial charge in [-0.05, 0) is 36.8 Å². The van der Waals surface area contributed by atoms with Crippen LogP contribution in [-0.4, -0.2) is 73.2 Å². The van der Waals surface area contributed by atoms with Crippen LogP contribution >= 0.6 is 12.2 Å². The Balaban J connectivity index is 1.65. The van der Waals surface area contributed by atoms with Crippen LogP contribution in [0.1, 0.15) is 12.8 Å². The zero-order chi connectivity index (χ0) is 19.6. The molecule has 0 saturated carbocycles. The Bertz CT molecular complexity index is 666. The van der Waals surface area contributed by atoms with Gasteiger partial charge in [-0.1, -0.05) is 6.07 Å². The maximum absolute atomic E-state index is 13.2. The quantitative estimate of drug-likeness (QED) is 0.408. The van der Waals surface area contributed by atoms with Crippen molar-refractivity contribution in [2.75, 3.05) is 51.7 Å². The second-order valence-corrected chi connectivity index (χ2v) is 6.62. The summed E-state index contributed by atoms with van der Waals surface area (Å²) < 4.78 is 17.7. The van der Waals surface area contributed by atoms with Crippen LogP contribution in [-0.2, 0) is 14.3 Å². The van der Waals surface area contributed by atoms with E-state index in [9.17, 15) is 14.0 Å². The van der Waals surface area contributed by atoms with E-state index in [4.69, 9.17) is 12.2 Å². The molecule has 2 rings (SSSR count). The van der Waals surface area contributed by atoms with Gasteiger partial charge in [0.15, 0.2) is 5.11 Å². The molecule has 1 aromatic carbocycles. The number of hydrogen-bond acceptors (Lipinski definition) is 5. The summed E-state index contributed by atoms with van der Waals surface area (Å²) in [5.74, 6) is -0.778. The molecule has 2 N–H and O–H groups in total. The fraction of sp³-hybridized carbons (Fsp3) is 0.500. The first-order chi connectivity index (χ1) is 13.0. The smallest absolute Gasteiger partial charge is 0.305 e. The van der Waals surface area contributed by atoms with E-state index >= 15 is 0 Å². The number of esters is 1. The van der Waals surface area contributed by atoms with Crippen LogP contribution in [0.5, 0.6) is 0 Å². The molecular weight excluding hydrogens is 371 g/mol. The number of methoxy groups -OCH3 is 1. The van der Waals surface area contributed by atoms with Gasteiger partial charge in [0.25, 0.3) is 0 Å². The number of thiocarbonyl (C=S) groups is 1. The monoisotopic (exact) mass is 396 g/mol. The predicted molar refractivity (Wildman–Crippen MR) is 105 cm³/mol. The van der Waals surface area contributed by atoms with E-state index in [0.29, 0.717) is 43.3 Å². The minimum absolute atomic E-state index is 0.169. The average Bonchev–Trinajstić information content (AvgIpc) is 2.65. The number of carbonyl (C=O) groups is 2. The lowest BCUT2D eigenvalue weighted by atomic mass is 10.3. The van der Waals surface area contributed by atoms with Crippen molar-refractivity contribution in [2.24, 2.45) is 0 Å². The fourth-order valence-corrected chi connectivity index (χ4v) is 3.01. The first kappa shape index (κ1) is 21.0. The Kier molecular flexibility index (Phi) is 8.41. The van der Waals surface area contributed by atoms with Crippen LogP contribution in [0.4, 0.5) is 10.1 Å². The lowest BCUT2D eigenvalue weighted by molar-refractivity contribution is -0.140. The van der Waals surface area contributed by atoms with Crippen molar-refractivity contribution >= 4 is 34.9 Å². The number of hydrogen-bond donors (Lipinski definition) is 2. The van der Waals surface area contributed by atoms with Crippen LogP contribution in [0.15, 0.2) is 24.3 Å². The minimum atomic E-state index is -0.381. The molecule has 0 radical (unpaired) electrons. The molecule has 1 aliphatic heterocycles. The van der Waals surface area contributed by atoms with Crippen LogP contribution in [0.2, 0.25) is 0 Å². The summed E-state index contributed by atoms with van der Waals surface area (Å²) in [5, 5.41) is 6.50. The van der Waals surface area contributed by atoms with Crippen molar-refractivity contribution in [2.45, 2.75) is 12.8 Å². The summed E-state index contributed by atoms with van der Waals surface area (Å²) in [5.41, 5.74) is 0.455. The lowest BCUT2D eigenvalue weighted by Gasteiger charge is -2.35. The molecule has 7 nitrogen and oxygen atoms in total. The number of amides is 1. The first-order valence-electron chi connectivity index (χ1n) is 8.85. The van der Waals surface area contributed by atoms with Crippen molar-refractivity contribution in [1.29, 1.82) is 0 Å². The van der Waals surface area contributed by atoms with E-state index in [-0.39, 0.29) is 24.2 Å². The van der Waals surface area contributed by atoms with Gasteiger partial charge in [-0.3, -0.25) is 14.5 Å². The maximum Gasteiger partial charge on any atom is 0.305 e. The Morgan fingerprint density at radius 2 is 2.00 bits per heavy atom. The van der Waals surface area contributed by atoms with Crippen molar-refractivity contribution in [3.8, 4) is 0 Å². The molecule has 0 aliphatic carbocycles. The molecule has 0 aromatic heterocycles. The number of anilines is 1. The number of nitrogens with zero attached hydrogens (tertiary/aromatic N) is 2. The third-order valence-corrected chi connectivity index (χ3v) is 4.60. The van der Waals surface area contributed by atoms with Crippen LogP contribution in [0, 0.1) is 5.82 Å². The van der Waals surface area contributed by atoms with Gasteiger partial charge in [0, 0.05) is 44.8 Å². The summed E-state index contributed by atoms with van der Waals surface area (Å²) in [4.78, 5) is 27.2. The second-order valence-electron chi connectivity index (χ2n) is 6.23. The average molecular weight is 396 g/mol. The highest BCUT2D eigenvalue weighted by atomic mass is 32.1. The second kappa shape index (κ2) is 10.8. The number of nitrogens with one attached hydrogen (secondary N) is 2.